The second-order valence-corrected chi connectivity index (χ2v) is 5.65. The number of aryl methyl sites for hydroxylation is 1. The van der Waals surface area contributed by atoms with Crippen LogP contribution in [0, 0.1) is 5.82 Å². The van der Waals surface area contributed by atoms with Gasteiger partial charge < -0.3 is 4.90 Å². The van der Waals surface area contributed by atoms with Gasteiger partial charge in [0.25, 0.3) is 0 Å². The van der Waals surface area contributed by atoms with Crippen molar-refractivity contribution in [2.24, 2.45) is 0 Å². The zero-order valence-electron chi connectivity index (χ0n) is 12.1. The summed E-state index contributed by atoms with van der Waals surface area (Å²) in [6.07, 6.45) is 9.22. The van der Waals surface area contributed by atoms with Crippen LogP contribution in [0.2, 0.25) is 0 Å². The Bertz CT molecular complexity index is 354. The SMILES string of the molecule is CCN(CCCc1ccc(F)cc1)C1CCCCC1. The van der Waals surface area contributed by atoms with E-state index in [0.717, 1.165) is 19.0 Å². The highest BCUT2D eigenvalue weighted by atomic mass is 19.1. The van der Waals surface area contributed by atoms with Crippen LogP contribution in [0.25, 0.3) is 0 Å². The van der Waals surface area contributed by atoms with Crippen molar-refractivity contribution in [3.05, 3.63) is 35.6 Å². The Kier molecular flexibility index (Phi) is 5.84. The molecule has 1 aliphatic rings. The third kappa shape index (κ3) is 4.61. The molecule has 106 valence electrons. The van der Waals surface area contributed by atoms with Gasteiger partial charge in [0.1, 0.15) is 5.82 Å². The standard InChI is InChI=1S/C17H26FN/c1-2-19(17-8-4-3-5-9-17)14-6-7-15-10-12-16(18)13-11-15/h10-13,17H,2-9,14H2,1H3. The van der Waals surface area contributed by atoms with Crippen molar-refractivity contribution >= 4 is 0 Å². The lowest BCUT2D eigenvalue weighted by molar-refractivity contribution is 0.162. The molecule has 1 fully saturated rings. The lowest BCUT2D eigenvalue weighted by Crippen LogP contribution is -2.37. The van der Waals surface area contributed by atoms with E-state index in [9.17, 15) is 4.39 Å². The van der Waals surface area contributed by atoms with Gasteiger partial charge in [-0.3, -0.25) is 0 Å². The molecule has 0 bridgehead atoms. The number of hydrogen-bond acceptors (Lipinski definition) is 1. The maximum atomic E-state index is 12.8. The summed E-state index contributed by atoms with van der Waals surface area (Å²) in [7, 11) is 0. The smallest absolute Gasteiger partial charge is 0.123 e. The monoisotopic (exact) mass is 263 g/mol. The molecule has 2 rings (SSSR count). The zero-order valence-corrected chi connectivity index (χ0v) is 12.1. The molecule has 1 nitrogen and oxygen atoms in total. The van der Waals surface area contributed by atoms with Crippen molar-refractivity contribution in [1.82, 2.24) is 4.90 Å². The highest BCUT2D eigenvalue weighted by Gasteiger charge is 2.19. The average Bonchev–Trinajstić information content (AvgIpc) is 2.46. The Labute approximate surface area is 116 Å². The molecule has 0 aliphatic heterocycles. The van der Waals surface area contributed by atoms with E-state index in [1.165, 1.54) is 50.6 Å². The molecular weight excluding hydrogens is 237 g/mol. The fourth-order valence-electron chi connectivity index (χ4n) is 3.18. The van der Waals surface area contributed by atoms with Crippen LogP contribution in [0.3, 0.4) is 0 Å². The van der Waals surface area contributed by atoms with Gasteiger partial charge in [0, 0.05) is 6.04 Å². The van der Waals surface area contributed by atoms with Gasteiger partial charge in [0.05, 0.1) is 0 Å². The maximum Gasteiger partial charge on any atom is 0.123 e. The minimum Gasteiger partial charge on any atom is -0.301 e. The van der Waals surface area contributed by atoms with Crippen LogP contribution in [0.1, 0.15) is 51.0 Å². The van der Waals surface area contributed by atoms with Gasteiger partial charge in [-0.05, 0) is 56.5 Å². The summed E-state index contributed by atoms with van der Waals surface area (Å²) in [6.45, 7) is 4.61. The Balaban J connectivity index is 1.74. The van der Waals surface area contributed by atoms with Crippen LogP contribution in [0.5, 0.6) is 0 Å². The van der Waals surface area contributed by atoms with E-state index in [-0.39, 0.29) is 5.82 Å². The van der Waals surface area contributed by atoms with Crippen LogP contribution >= 0.6 is 0 Å². The van der Waals surface area contributed by atoms with Gasteiger partial charge in [-0.25, -0.2) is 4.39 Å². The lowest BCUT2D eigenvalue weighted by atomic mass is 9.94. The number of hydrogen-bond donors (Lipinski definition) is 0. The molecule has 19 heavy (non-hydrogen) atoms. The van der Waals surface area contributed by atoms with E-state index in [4.69, 9.17) is 0 Å². The van der Waals surface area contributed by atoms with Gasteiger partial charge >= 0.3 is 0 Å². The summed E-state index contributed by atoms with van der Waals surface area (Å²) in [6, 6.07) is 7.76. The molecule has 1 aliphatic carbocycles. The Morgan fingerprint density at radius 3 is 2.42 bits per heavy atom. The molecule has 1 saturated carbocycles. The van der Waals surface area contributed by atoms with Crippen LogP contribution in [-0.2, 0) is 6.42 Å². The second kappa shape index (κ2) is 7.64. The van der Waals surface area contributed by atoms with Crippen molar-refractivity contribution in [1.29, 1.82) is 0 Å². The van der Waals surface area contributed by atoms with E-state index in [0.29, 0.717) is 0 Å². The molecule has 1 aromatic carbocycles. The van der Waals surface area contributed by atoms with Crippen molar-refractivity contribution in [2.45, 2.75) is 57.9 Å². The van der Waals surface area contributed by atoms with Gasteiger partial charge in [-0.15, -0.1) is 0 Å². The number of benzene rings is 1. The molecule has 2 heteroatoms. The molecule has 0 spiro atoms. The third-order valence-corrected chi connectivity index (χ3v) is 4.32. The van der Waals surface area contributed by atoms with E-state index in [2.05, 4.69) is 11.8 Å². The summed E-state index contributed by atoms with van der Waals surface area (Å²) in [5, 5.41) is 0. The minimum atomic E-state index is -0.138. The summed E-state index contributed by atoms with van der Waals surface area (Å²) in [5.41, 5.74) is 1.25. The van der Waals surface area contributed by atoms with E-state index < -0.39 is 0 Å². The fourth-order valence-corrected chi connectivity index (χ4v) is 3.18. The molecule has 0 amide bonds. The first-order valence-electron chi connectivity index (χ1n) is 7.78. The predicted octanol–water partition coefficient (Wildman–Crippen LogP) is 4.41. The summed E-state index contributed by atoms with van der Waals surface area (Å²) < 4.78 is 12.8. The summed E-state index contributed by atoms with van der Waals surface area (Å²) in [4.78, 5) is 2.64. The van der Waals surface area contributed by atoms with Crippen molar-refractivity contribution in [2.75, 3.05) is 13.1 Å². The van der Waals surface area contributed by atoms with Crippen molar-refractivity contribution in [3.63, 3.8) is 0 Å². The van der Waals surface area contributed by atoms with E-state index in [1.54, 1.807) is 12.1 Å². The Morgan fingerprint density at radius 2 is 1.79 bits per heavy atom. The first kappa shape index (κ1) is 14.5. The molecule has 0 heterocycles. The molecule has 0 unspecified atom stereocenters. The van der Waals surface area contributed by atoms with E-state index >= 15 is 0 Å². The molecule has 0 aromatic heterocycles. The molecule has 0 saturated heterocycles. The topological polar surface area (TPSA) is 3.24 Å². The van der Waals surface area contributed by atoms with Crippen LogP contribution in [-0.4, -0.2) is 24.0 Å². The first-order valence-corrected chi connectivity index (χ1v) is 7.78. The zero-order chi connectivity index (χ0) is 13.5. The highest BCUT2D eigenvalue weighted by Crippen LogP contribution is 2.22. The fraction of sp³-hybridized carbons (Fsp3) is 0.647. The van der Waals surface area contributed by atoms with Crippen LogP contribution < -0.4 is 0 Å². The van der Waals surface area contributed by atoms with Gasteiger partial charge in [-0.2, -0.15) is 0 Å². The first-order chi connectivity index (χ1) is 9.29. The molecule has 0 atom stereocenters. The average molecular weight is 263 g/mol. The normalized spacial score (nSPS) is 17.0. The van der Waals surface area contributed by atoms with Crippen molar-refractivity contribution in [3.8, 4) is 0 Å². The number of nitrogens with zero attached hydrogens (tertiary/aromatic N) is 1. The van der Waals surface area contributed by atoms with Gasteiger partial charge in [0.15, 0.2) is 0 Å². The minimum absolute atomic E-state index is 0.138. The van der Waals surface area contributed by atoms with Crippen LogP contribution in [0.4, 0.5) is 4.39 Å². The van der Waals surface area contributed by atoms with Crippen molar-refractivity contribution < 1.29 is 4.39 Å². The predicted molar refractivity (Wildman–Crippen MR) is 78.8 cm³/mol. The summed E-state index contributed by atoms with van der Waals surface area (Å²) in [5.74, 6) is -0.138. The molecule has 1 aromatic rings. The van der Waals surface area contributed by atoms with Crippen LogP contribution in [0.15, 0.2) is 24.3 Å². The summed E-state index contributed by atoms with van der Waals surface area (Å²) >= 11 is 0. The lowest BCUT2D eigenvalue weighted by Gasteiger charge is -2.33. The van der Waals surface area contributed by atoms with Gasteiger partial charge in [0.2, 0.25) is 0 Å². The van der Waals surface area contributed by atoms with Gasteiger partial charge in [-0.1, -0.05) is 38.3 Å². The Morgan fingerprint density at radius 1 is 1.11 bits per heavy atom. The maximum absolute atomic E-state index is 12.8. The number of halogens is 1. The second-order valence-electron chi connectivity index (χ2n) is 5.65. The highest BCUT2D eigenvalue weighted by molar-refractivity contribution is 5.16. The molecule has 0 N–H and O–H groups in total. The number of rotatable bonds is 6. The molecule has 0 radical (unpaired) electrons. The largest absolute Gasteiger partial charge is 0.301 e. The van der Waals surface area contributed by atoms with E-state index in [1.807, 2.05) is 12.1 Å². The quantitative estimate of drug-likeness (QED) is 0.734. The molecular formula is C17H26FN. The third-order valence-electron chi connectivity index (χ3n) is 4.32. The Hall–Kier alpha value is -0.890.